The van der Waals surface area contributed by atoms with Gasteiger partial charge in [-0.15, -0.1) is 11.8 Å². The number of rotatable bonds is 7. The van der Waals surface area contributed by atoms with Gasteiger partial charge in [-0.1, -0.05) is 6.92 Å². The monoisotopic (exact) mass is 251 g/mol. The summed E-state index contributed by atoms with van der Waals surface area (Å²) in [6, 6.07) is 8.60. The molecule has 0 N–H and O–H groups in total. The van der Waals surface area contributed by atoms with Crippen LogP contribution in [0.4, 0.5) is 5.69 Å². The number of carbonyl (C=O) groups excluding carboxylic acids is 1. The lowest BCUT2D eigenvalue weighted by Crippen LogP contribution is -2.18. The predicted molar refractivity (Wildman–Crippen MR) is 76.0 cm³/mol. The minimum absolute atomic E-state index is 0.271. The van der Waals surface area contributed by atoms with Gasteiger partial charge in [0.15, 0.2) is 0 Å². The Kier molecular flexibility index (Phi) is 6.12. The number of Topliss-reactive ketones (excluding diaryl/α,β-unsaturated/α-hetero) is 1. The van der Waals surface area contributed by atoms with E-state index in [1.807, 2.05) is 11.8 Å². The first kappa shape index (κ1) is 14.1. The molecule has 94 valence electrons. The maximum absolute atomic E-state index is 10.9. The molecule has 0 aromatic heterocycles. The topological polar surface area (TPSA) is 20.3 Å². The van der Waals surface area contributed by atoms with Crippen LogP contribution in [0, 0.1) is 0 Å². The summed E-state index contributed by atoms with van der Waals surface area (Å²) in [6.45, 7) is 4.74. The molecule has 0 aliphatic carbocycles. The first-order valence-corrected chi connectivity index (χ1v) is 7.05. The van der Waals surface area contributed by atoms with Crippen LogP contribution in [0.15, 0.2) is 29.2 Å². The normalized spacial score (nSPS) is 10.3. The van der Waals surface area contributed by atoms with E-state index in [1.165, 1.54) is 10.6 Å². The van der Waals surface area contributed by atoms with Gasteiger partial charge in [0.2, 0.25) is 0 Å². The molecule has 1 rings (SSSR count). The van der Waals surface area contributed by atoms with Crippen LogP contribution in [-0.4, -0.2) is 25.1 Å². The Morgan fingerprint density at radius 3 is 2.47 bits per heavy atom. The van der Waals surface area contributed by atoms with Gasteiger partial charge in [-0.25, -0.2) is 0 Å². The van der Waals surface area contributed by atoms with E-state index in [4.69, 9.17) is 0 Å². The SMILES string of the molecule is CCSc1ccc(N(C)CCCC(C)=O)cc1. The lowest BCUT2D eigenvalue weighted by Gasteiger charge is -2.19. The van der Waals surface area contributed by atoms with Crippen molar-refractivity contribution < 1.29 is 4.79 Å². The average molecular weight is 251 g/mol. The zero-order valence-corrected chi connectivity index (χ0v) is 11.7. The molecule has 17 heavy (non-hydrogen) atoms. The zero-order valence-electron chi connectivity index (χ0n) is 10.9. The molecule has 3 heteroatoms. The maximum atomic E-state index is 10.9. The second-order valence-electron chi connectivity index (χ2n) is 4.15. The molecule has 1 aromatic rings. The highest BCUT2D eigenvalue weighted by Gasteiger charge is 2.02. The third-order valence-electron chi connectivity index (χ3n) is 2.61. The number of ketones is 1. The van der Waals surface area contributed by atoms with Crippen molar-refractivity contribution in [2.24, 2.45) is 0 Å². The molecule has 0 unspecified atom stereocenters. The average Bonchev–Trinajstić information content (AvgIpc) is 2.30. The van der Waals surface area contributed by atoms with Gasteiger partial charge in [-0.3, -0.25) is 0 Å². The largest absolute Gasteiger partial charge is 0.375 e. The van der Waals surface area contributed by atoms with Gasteiger partial charge in [-0.2, -0.15) is 0 Å². The van der Waals surface area contributed by atoms with Crippen molar-refractivity contribution in [2.75, 3.05) is 24.2 Å². The third-order valence-corrected chi connectivity index (χ3v) is 3.51. The molecule has 0 fully saturated rings. The Morgan fingerprint density at radius 2 is 1.94 bits per heavy atom. The van der Waals surface area contributed by atoms with Crippen LogP contribution in [-0.2, 0) is 4.79 Å². The fourth-order valence-corrected chi connectivity index (χ4v) is 2.32. The fraction of sp³-hybridized carbons (Fsp3) is 0.500. The first-order valence-electron chi connectivity index (χ1n) is 6.07. The molecule has 0 spiro atoms. The Hall–Kier alpha value is -0.960. The summed E-state index contributed by atoms with van der Waals surface area (Å²) >= 11 is 1.85. The van der Waals surface area contributed by atoms with Crippen LogP contribution < -0.4 is 4.90 Å². The first-order chi connectivity index (χ1) is 8.13. The van der Waals surface area contributed by atoms with Gasteiger partial charge >= 0.3 is 0 Å². The molecule has 0 aliphatic heterocycles. The summed E-state index contributed by atoms with van der Waals surface area (Å²) in [5.41, 5.74) is 1.22. The van der Waals surface area contributed by atoms with E-state index in [1.54, 1.807) is 6.92 Å². The molecular formula is C14H21NOS. The van der Waals surface area contributed by atoms with E-state index in [0.29, 0.717) is 6.42 Å². The summed E-state index contributed by atoms with van der Waals surface area (Å²) < 4.78 is 0. The van der Waals surface area contributed by atoms with Crippen molar-refractivity contribution in [3.8, 4) is 0 Å². The standard InChI is InChI=1S/C14H21NOS/c1-4-17-14-9-7-13(8-10-14)15(3)11-5-6-12(2)16/h7-10H,4-6,11H2,1-3H3. The van der Waals surface area contributed by atoms with Crippen molar-refractivity contribution in [3.63, 3.8) is 0 Å². The van der Waals surface area contributed by atoms with Gasteiger partial charge in [0.05, 0.1) is 0 Å². The van der Waals surface area contributed by atoms with Crippen molar-refractivity contribution in [3.05, 3.63) is 24.3 Å². The van der Waals surface area contributed by atoms with Gasteiger partial charge in [0.1, 0.15) is 5.78 Å². The Labute approximate surface area is 108 Å². The van der Waals surface area contributed by atoms with Crippen molar-refractivity contribution in [1.82, 2.24) is 0 Å². The molecular weight excluding hydrogens is 230 g/mol. The minimum Gasteiger partial charge on any atom is -0.375 e. The summed E-state index contributed by atoms with van der Waals surface area (Å²) in [5.74, 6) is 1.38. The van der Waals surface area contributed by atoms with Crippen molar-refractivity contribution in [1.29, 1.82) is 0 Å². The molecule has 1 aromatic carbocycles. The quantitative estimate of drug-likeness (QED) is 0.691. The number of benzene rings is 1. The highest BCUT2D eigenvalue weighted by Crippen LogP contribution is 2.21. The van der Waals surface area contributed by atoms with E-state index >= 15 is 0 Å². The van der Waals surface area contributed by atoms with Gasteiger partial charge in [0, 0.05) is 30.6 Å². The van der Waals surface area contributed by atoms with Gasteiger partial charge in [-0.05, 0) is 43.4 Å². The molecule has 0 saturated carbocycles. The van der Waals surface area contributed by atoms with Gasteiger partial charge in [0.25, 0.3) is 0 Å². The zero-order chi connectivity index (χ0) is 12.7. The lowest BCUT2D eigenvalue weighted by atomic mass is 10.2. The van der Waals surface area contributed by atoms with Crippen LogP contribution in [0.5, 0.6) is 0 Å². The highest BCUT2D eigenvalue weighted by molar-refractivity contribution is 7.99. The smallest absolute Gasteiger partial charge is 0.129 e. The molecule has 0 saturated heterocycles. The highest BCUT2D eigenvalue weighted by atomic mass is 32.2. The number of anilines is 1. The van der Waals surface area contributed by atoms with Gasteiger partial charge < -0.3 is 9.69 Å². The third kappa shape index (κ3) is 5.26. The van der Waals surface area contributed by atoms with E-state index in [0.717, 1.165) is 18.7 Å². The number of hydrogen-bond acceptors (Lipinski definition) is 3. The second kappa shape index (κ2) is 7.38. The molecule has 0 aliphatic rings. The van der Waals surface area contributed by atoms with E-state index in [2.05, 4.69) is 43.1 Å². The predicted octanol–water partition coefficient (Wildman–Crippen LogP) is 3.60. The minimum atomic E-state index is 0.271. The molecule has 0 radical (unpaired) electrons. The van der Waals surface area contributed by atoms with Crippen LogP contribution in [0.1, 0.15) is 26.7 Å². The lowest BCUT2D eigenvalue weighted by molar-refractivity contribution is -0.117. The summed E-state index contributed by atoms with van der Waals surface area (Å²) in [6.07, 6.45) is 1.60. The number of carbonyl (C=O) groups is 1. The molecule has 0 heterocycles. The number of nitrogens with zero attached hydrogens (tertiary/aromatic N) is 1. The molecule has 2 nitrogen and oxygen atoms in total. The molecule has 0 bridgehead atoms. The van der Waals surface area contributed by atoms with Crippen molar-refractivity contribution >= 4 is 23.2 Å². The van der Waals surface area contributed by atoms with E-state index in [-0.39, 0.29) is 5.78 Å². The Morgan fingerprint density at radius 1 is 1.29 bits per heavy atom. The van der Waals surface area contributed by atoms with Crippen LogP contribution >= 0.6 is 11.8 Å². The number of thioether (sulfide) groups is 1. The summed E-state index contributed by atoms with van der Waals surface area (Å²) in [5, 5.41) is 0. The van der Waals surface area contributed by atoms with Crippen LogP contribution in [0.3, 0.4) is 0 Å². The number of hydrogen-bond donors (Lipinski definition) is 0. The molecule has 0 atom stereocenters. The second-order valence-corrected chi connectivity index (χ2v) is 5.49. The summed E-state index contributed by atoms with van der Waals surface area (Å²) in [4.78, 5) is 14.4. The van der Waals surface area contributed by atoms with Crippen LogP contribution in [0.25, 0.3) is 0 Å². The maximum Gasteiger partial charge on any atom is 0.129 e. The molecule has 0 amide bonds. The van der Waals surface area contributed by atoms with E-state index in [9.17, 15) is 4.79 Å². The van der Waals surface area contributed by atoms with Crippen LogP contribution in [0.2, 0.25) is 0 Å². The van der Waals surface area contributed by atoms with Crippen molar-refractivity contribution in [2.45, 2.75) is 31.6 Å². The Balaban J connectivity index is 2.45. The Bertz CT molecular complexity index is 348. The summed E-state index contributed by atoms with van der Waals surface area (Å²) in [7, 11) is 2.07. The fourth-order valence-electron chi connectivity index (χ4n) is 1.66. The van der Waals surface area contributed by atoms with E-state index < -0.39 is 0 Å².